The average molecular weight is 621 g/mol. The van der Waals surface area contributed by atoms with Crippen LogP contribution in [0.15, 0.2) is 106 Å². The standard InChI is InChI=1S/C36H32N2O6S/c1-4-42-30-17-14-27(20-31(30)43-5-2)33-29(35(40)41-3)21-37-36-38(33)34(39)32(45-36)19-23-11-15-28(16-12-23)44-22-24-10-13-25-8-6-7-9-26(25)18-24/h6-21,33H,4-5,22H2,1-3H3/b32-19-/t33-/m0/s1. The Morgan fingerprint density at radius 2 is 1.64 bits per heavy atom. The lowest BCUT2D eigenvalue weighted by atomic mass is 9.97. The Morgan fingerprint density at radius 3 is 2.40 bits per heavy atom. The maximum Gasteiger partial charge on any atom is 0.337 e. The van der Waals surface area contributed by atoms with Crippen molar-refractivity contribution < 1.29 is 23.7 Å². The fourth-order valence-corrected chi connectivity index (χ4v) is 6.26. The molecule has 0 aliphatic carbocycles. The van der Waals surface area contributed by atoms with E-state index in [9.17, 15) is 9.59 Å². The molecule has 45 heavy (non-hydrogen) atoms. The Labute approximate surface area is 264 Å². The lowest BCUT2D eigenvalue weighted by molar-refractivity contribution is -0.136. The molecule has 4 aromatic carbocycles. The maximum atomic E-state index is 13.9. The van der Waals surface area contributed by atoms with Crippen molar-refractivity contribution in [2.45, 2.75) is 26.5 Å². The van der Waals surface area contributed by atoms with Crippen molar-refractivity contribution in [1.29, 1.82) is 0 Å². The van der Waals surface area contributed by atoms with Gasteiger partial charge in [0.05, 0.1) is 36.5 Å². The third-order valence-corrected chi connectivity index (χ3v) is 8.40. The number of benzene rings is 4. The number of aromatic nitrogens is 1. The first-order chi connectivity index (χ1) is 22.0. The summed E-state index contributed by atoms with van der Waals surface area (Å²) in [6, 6.07) is 26.8. The maximum absolute atomic E-state index is 13.9. The van der Waals surface area contributed by atoms with Gasteiger partial charge in [0, 0.05) is 6.20 Å². The molecule has 0 spiro atoms. The molecular formula is C36H32N2O6S. The van der Waals surface area contributed by atoms with E-state index in [-0.39, 0.29) is 11.1 Å². The van der Waals surface area contributed by atoms with E-state index in [1.807, 2.05) is 62.4 Å². The van der Waals surface area contributed by atoms with Crippen LogP contribution in [0.4, 0.5) is 0 Å². The Balaban J connectivity index is 1.29. The van der Waals surface area contributed by atoms with Gasteiger partial charge in [-0.15, -0.1) is 0 Å². The highest BCUT2D eigenvalue weighted by atomic mass is 32.1. The predicted octanol–water partition coefficient (Wildman–Crippen LogP) is 5.55. The normalized spacial score (nSPS) is 14.3. The van der Waals surface area contributed by atoms with Crippen LogP contribution in [0.5, 0.6) is 17.2 Å². The Hall–Kier alpha value is -5.15. The molecule has 0 bridgehead atoms. The smallest absolute Gasteiger partial charge is 0.337 e. The number of carbonyl (C=O) groups is 1. The van der Waals surface area contributed by atoms with Crippen molar-refractivity contribution in [1.82, 2.24) is 4.57 Å². The second-order valence-corrected chi connectivity index (χ2v) is 11.3. The second kappa shape index (κ2) is 13.2. The van der Waals surface area contributed by atoms with Crippen LogP contribution >= 0.6 is 11.3 Å². The number of rotatable bonds is 10. The van der Waals surface area contributed by atoms with Crippen LogP contribution in [0.3, 0.4) is 0 Å². The van der Waals surface area contributed by atoms with Gasteiger partial charge in [-0.25, -0.2) is 9.79 Å². The van der Waals surface area contributed by atoms with Crippen LogP contribution in [-0.2, 0) is 16.1 Å². The molecule has 0 fully saturated rings. The quantitative estimate of drug-likeness (QED) is 0.190. The molecular weight excluding hydrogens is 588 g/mol. The monoisotopic (exact) mass is 620 g/mol. The molecule has 5 aromatic rings. The summed E-state index contributed by atoms with van der Waals surface area (Å²) in [6.07, 6.45) is 3.30. The highest BCUT2D eigenvalue weighted by Gasteiger charge is 2.31. The zero-order chi connectivity index (χ0) is 31.3. The summed E-state index contributed by atoms with van der Waals surface area (Å²) in [7, 11) is 1.31. The first kappa shape index (κ1) is 29.9. The van der Waals surface area contributed by atoms with Crippen molar-refractivity contribution in [3.05, 3.63) is 133 Å². The molecule has 0 radical (unpaired) electrons. The van der Waals surface area contributed by atoms with Gasteiger partial charge in [0.1, 0.15) is 12.4 Å². The summed E-state index contributed by atoms with van der Waals surface area (Å²) in [6.45, 7) is 5.13. The molecule has 1 aliphatic rings. The highest BCUT2D eigenvalue weighted by molar-refractivity contribution is 7.07. The zero-order valence-corrected chi connectivity index (χ0v) is 26.0. The number of hydrogen-bond donors (Lipinski definition) is 0. The van der Waals surface area contributed by atoms with E-state index in [2.05, 4.69) is 35.3 Å². The van der Waals surface area contributed by atoms with E-state index in [0.717, 1.165) is 16.9 Å². The van der Waals surface area contributed by atoms with Crippen molar-refractivity contribution in [2.24, 2.45) is 4.99 Å². The SMILES string of the molecule is CCOc1ccc([C@H]2C(C(=O)OC)=CN=c3s/c(=C\c4ccc(OCc5ccc6ccccc6c5)cc4)c(=O)n32)cc1OCC. The zero-order valence-electron chi connectivity index (χ0n) is 25.2. The number of nitrogens with zero attached hydrogens (tertiary/aromatic N) is 2. The molecule has 6 rings (SSSR count). The van der Waals surface area contributed by atoms with Gasteiger partial charge >= 0.3 is 5.97 Å². The Kier molecular flexibility index (Phi) is 8.79. The molecule has 8 nitrogen and oxygen atoms in total. The third kappa shape index (κ3) is 6.25. The molecule has 0 unspecified atom stereocenters. The number of ether oxygens (including phenoxy) is 4. The Morgan fingerprint density at radius 1 is 0.889 bits per heavy atom. The summed E-state index contributed by atoms with van der Waals surface area (Å²) >= 11 is 1.26. The van der Waals surface area contributed by atoms with Gasteiger partial charge in [-0.2, -0.15) is 0 Å². The minimum absolute atomic E-state index is 0.246. The van der Waals surface area contributed by atoms with Crippen molar-refractivity contribution in [2.75, 3.05) is 20.3 Å². The van der Waals surface area contributed by atoms with Crippen molar-refractivity contribution in [3.63, 3.8) is 0 Å². The summed E-state index contributed by atoms with van der Waals surface area (Å²) in [4.78, 5) is 31.7. The van der Waals surface area contributed by atoms with E-state index >= 15 is 0 Å². The highest BCUT2D eigenvalue weighted by Crippen LogP contribution is 2.35. The largest absolute Gasteiger partial charge is 0.490 e. The van der Waals surface area contributed by atoms with Crippen LogP contribution in [0.2, 0.25) is 0 Å². The van der Waals surface area contributed by atoms with Gasteiger partial charge in [-0.1, -0.05) is 65.9 Å². The average Bonchev–Trinajstić information content (AvgIpc) is 3.39. The summed E-state index contributed by atoms with van der Waals surface area (Å²) in [5.74, 6) is 1.28. The third-order valence-electron chi connectivity index (χ3n) is 7.41. The van der Waals surface area contributed by atoms with Crippen LogP contribution in [0, 0.1) is 0 Å². The van der Waals surface area contributed by atoms with E-state index in [4.69, 9.17) is 18.9 Å². The van der Waals surface area contributed by atoms with E-state index < -0.39 is 12.0 Å². The van der Waals surface area contributed by atoms with Gasteiger partial charge in [-0.3, -0.25) is 9.36 Å². The van der Waals surface area contributed by atoms with Gasteiger partial charge in [0.2, 0.25) is 0 Å². The molecule has 9 heteroatoms. The molecule has 2 heterocycles. The molecule has 1 aromatic heterocycles. The molecule has 0 amide bonds. The van der Waals surface area contributed by atoms with Crippen molar-refractivity contribution in [3.8, 4) is 17.2 Å². The number of thiazole rings is 1. The fraction of sp³-hybridized carbons (Fsp3) is 0.194. The van der Waals surface area contributed by atoms with E-state index in [1.54, 1.807) is 12.1 Å². The van der Waals surface area contributed by atoms with E-state index in [0.29, 0.717) is 46.2 Å². The first-order valence-electron chi connectivity index (χ1n) is 14.7. The summed E-state index contributed by atoms with van der Waals surface area (Å²) in [5, 5.41) is 2.37. The van der Waals surface area contributed by atoms with Gasteiger partial charge in [-0.05, 0) is 77.7 Å². The topological polar surface area (TPSA) is 88.4 Å². The number of carbonyl (C=O) groups excluding carboxylic acids is 1. The molecule has 0 saturated carbocycles. The van der Waals surface area contributed by atoms with Crippen LogP contribution in [0.25, 0.3) is 16.8 Å². The van der Waals surface area contributed by atoms with Gasteiger partial charge in [0.25, 0.3) is 5.56 Å². The first-order valence-corrected chi connectivity index (χ1v) is 15.5. The van der Waals surface area contributed by atoms with Crippen LogP contribution < -0.4 is 29.1 Å². The minimum atomic E-state index is -0.753. The Bertz CT molecular complexity index is 2080. The van der Waals surface area contributed by atoms with Crippen LogP contribution in [0.1, 0.15) is 36.6 Å². The predicted molar refractivity (Wildman–Crippen MR) is 175 cm³/mol. The molecule has 1 atom stereocenters. The molecule has 0 N–H and O–H groups in total. The lowest BCUT2D eigenvalue weighted by Crippen LogP contribution is -2.39. The number of fused-ring (bicyclic) bond motifs is 2. The molecule has 228 valence electrons. The fourth-order valence-electron chi connectivity index (χ4n) is 5.29. The number of esters is 1. The number of hydrogen-bond acceptors (Lipinski definition) is 8. The minimum Gasteiger partial charge on any atom is -0.490 e. The summed E-state index contributed by atoms with van der Waals surface area (Å²) < 4.78 is 24.7. The second-order valence-electron chi connectivity index (χ2n) is 10.3. The van der Waals surface area contributed by atoms with Gasteiger partial charge < -0.3 is 18.9 Å². The van der Waals surface area contributed by atoms with Crippen molar-refractivity contribution >= 4 is 34.2 Å². The van der Waals surface area contributed by atoms with E-state index in [1.165, 1.54) is 40.0 Å². The summed E-state index contributed by atoms with van der Waals surface area (Å²) in [5.41, 5.74) is 2.58. The van der Waals surface area contributed by atoms with Gasteiger partial charge in [0.15, 0.2) is 16.3 Å². The molecule has 1 aliphatic heterocycles. The molecule has 0 saturated heterocycles. The number of methoxy groups -OCH3 is 1. The van der Waals surface area contributed by atoms with Crippen LogP contribution in [-0.4, -0.2) is 30.9 Å². The lowest BCUT2D eigenvalue weighted by Gasteiger charge is -2.23.